The van der Waals surface area contributed by atoms with E-state index in [0.717, 1.165) is 184 Å². The second kappa shape index (κ2) is 24.7. The third kappa shape index (κ3) is 8.98. The number of hydrogen-bond acceptors (Lipinski definition) is 12. The van der Waals surface area contributed by atoms with Crippen LogP contribution in [0.2, 0.25) is 0 Å². The highest BCUT2D eigenvalue weighted by molar-refractivity contribution is 6.15. The van der Waals surface area contributed by atoms with Gasteiger partial charge in [-0.3, -0.25) is 57.5 Å². The van der Waals surface area contributed by atoms with E-state index in [1.54, 1.807) is 0 Å². The first-order chi connectivity index (χ1) is 61.5. The Morgan fingerprint density at radius 3 is 0.911 bits per heavy atom. The maximum atomic E-state index is 5.18. The molecule has 8 aliphatic carbocycles. The van der Waals surface area contributed by atoms with Crippen LogP contribution in [-0.2, 0) is 51.4 Å². The molecule has 16 heteroatoms. The zero-order valence-electron chi connectivity index (χ0n) is 66.5. The summed E-state index contributed by atoms with van der Waals surface area (Å²) >= 11 is 0. The lowest BCUT2D eigenvalue weighted by Crippen LogP contribution is -1.97. The summed E-state index contributed by atoms with van der Waals surface area (Å²) in [5.74, 6) is 0. The number of rotatable bonds is 0. The minimum atomic E-state index is 0.859. The minimum absolute atomic E-state index is 0.859. The van der Waals surface area contributed by atoms with Gasteiger partial charge in [-0.25, -0.2) is 19.9 Å². The van der Waals surface area contributed by atoms with Crippen molar-refractivity contribution in [2.75, 3.05) is 0 Å². The summed E-state index contributed by atoms with van der Waals surface area (Å²) in [5, 5.41) is 6.42. The molecule has 0 fully saturated rings. The molecule has 576 valence electrons. The molecule has 16 aromatic heterocycles. The number of aromatic nitrogens is 16. The van der Waals surface area contributed by atoms with E-state index in [1.807, 2.05) is 104 Å². The number of nitrogens with zero attached hydrogens (tertiary/aromatic N) is 16. The minimum Gasteiger partial charge on any atom is -0.290 e. The molecule has 0 radical (unpaired) electrons. The quantitative estimate of drug-likeness (QED) is 0.132. The second-order valence-electron chi connectivity index (χ2n) is 34.0. The number of imidazole rings is 4. The summed E-state index contributed by atoms with van der Waals surface area (Å²) < 4.78 is 9.30. The summed E-state index contributed by atoms with van der Waals surface area (Å²) in [4.78, 5) is 57.7. The van der Waals surface area contributed by atoms with Crippen LogP contribution < -0.4 is 0 Å². The Morgan fingerprint density at radius 1 is 0.185 bits per heavy atom. The normalized spacial score (nSPS) is 13.5. The van der Waals surface area contributed by atoms with Crippen molar-refractivity contribution >= 4 is 110 Å². The van der Waals surface area contributed by atoms with Crippen molar-refractivity contribution in [3.05, 3.63) is 382 Å². The Morgan fingerprint density at radius 2 is 0.484 bits per heavy atom. The van der Waals surface area contributed by atoms with Crippen LogP contribution >= 0.6 is 0 Å². The molecule has 32 rings (SSSR count). The van der Waals surface area contributed by atoms with E-state index in [4.69, 9.17) is 44.9 Å². The molecule has 0 N–H and O–H groups in total. The van der Waals surface area contributed by atoms with Crippen molar-refractivity contribution in [1.29, 1.82) is 0 Å². The third-order valence-corrected chi connectivity index (χ3v) is 27.7. The van der Waals surface area contributed by atoms with E-state index in [1.165, 1.54) is 156 Å². The molecular weight excluding hydrogens is 1520 g/mol. The monoisotopic (exact) mass is 1580 g/mol. The maximum absolute atomic E-state index is 5.18. The van der Waals surface area contributed by atoms with Crippen molar-refractivity contribution < 1.29 is 0 Å². The number of benzene rings is 8. The first-order valence-corrected chi connectivity index (χ1v) is 42.6. The highest BCUT2D eigenvalue weighted by Gasteiger charge is 2.39. The molecule has 0 bridgehead atoms. The highest BCUT2D eigenvalue weighted by atomic mass is 15.1. The van der Waals surface area contributed by atoms with Crippen LogP contribution in [0.4, 0.5) is 0 Å². The van der Waals surface area contributed by atoms with Crippen molar-refractivity contribution in [2.24, 2.45) is 0 Å². The Kier molecular flexibility index (Phi) is 13.3. The van der Waals surface area contributed by atoms with Gasteiger partial charge in [-0.2, -0.15) is 0 Å². The van der Waals surface area contributed by atoms with Crippen LogP contribution in [0, 0.1) is 0 Å². The largest absolute Gasteiger partial charge is 0.290 e. The van der Waals surface area contributed by atoms with Crippen LogP contribution in [-0.4, -0.2) is 77.4 Å². The van der Waals surface area contributed by atoms with Gasteiger partial charge in [0, 0.05) is 142 Å². The summed E-state index contributed by atoms with van der Waals surface area (Å²) in [6.45, 7) is 0. The van der Waals surface area contributed by atoms with Gasteiger partial charge in [0.1, 0.15) is 33.5 Å². The fourth-order valence-corrected chi connectivity index (χ4v) is 22.7. The Hall–Kier alpha value is -16.2. The Bertz CT molecular complexity index is 8010. The lowest BCUT2D eigenvalue weighted by atomic mass is 9.95. The van der Waals surface area contributed by atoms with E-state index < -0.39 is 0 Å². The van der Waals surface area contributed by atoms with Gasteiger partial charge in [0.15, 0.2) is 5.65 Å². The molecule has 8 aliphatic rings. The van der Waals surface area contributed by atoms with Crippen LogP contribution in [0.25, 0.3) is 200 Å². The van der Waals surface area contributed by atoms with Gasteiger partial charge in [0.25, 0.3) is 0 Å². The van der Waals surface area contributed by atoms with Gasteiger partial charge in [-0.15, -0.1) is 0 Å². The fourth-order valence-electron chi connectivity index (χ4n) is 22.7. The number of fused-ring (bicyclic) bond motifs is 56. The summed E-state index contributed by atoms with van der Waals surface area (Å²) in [6.07, 6.45) is 26.1. The molecule has 8 aromatic carbocycles. The van der Waals surface area contributed by atoms with E-state index >= 15 is 0 Å². The van der Waals surface area contributed by atoms with E-state index in [9.17, 15) is 0 Å². The Labute approximate surface area is 706 Å². The average molecular weight is 1590 g/mol. The van der Waals surface area contributed by atoms with Gasteiger partial charge < -0.3 is 0 Å². The van der Waals surface area contributed by atoms with Gasteiger partial charge in [-0.1, -0.05) is 146 Å². The zero-order valence-corrected chi connectivity index (χ0v) is 66.5. The van der Waals surface area contributed by atoms with Crippen LogP contribution in [0.3, 0.4) is 0 Å². The van der Waals surface area contributed by atoms with Crippen LogP contribution in [0.15, 0.2) is 292 Å². The molecule has 0 unspecified atom stereocenters. The lowest BCUT2D eigenvalue weighted by Gasteiger charge is -2.13. The van der Waals surface area contributed by atoms with Gasteiger partial charge in [0.05, 0.1) is 84.2 Å². The lowest BCUT2D eigenvalue weighted by molar-refractivity contribution is 1.16. The average Bonchev–Trinajstić information content (AvgIpc) is 1.55. The second-order valence-corrected chi connectivity index (χ2v) is 34.0. The standard InChI is InChI=1S/4C27H16N4/c1-2-6-18-15(5-1)13-16-9-10-17-14-20-26(23(17)22(16)18)31-21-8-4-12-29-25(21)24-19(27(31)30-20)7-3-11-28-24;1-2-6-18-15(5-1)13-16-9-10-17-14-20-26(23(17)22(16)18)31-21-8-4-12-28-24(21)19-7-3-11-29-25(19)27(31)30-20;1-2-5-18-15(4-1)12-16-7-8-17-13-21-26(24(17)23(16)18)31-22-6-3-10-29-25(22)20-14-28-11-9-19(20)27(31)30-21;1-2-5-18-15(4-1)12-16-7-8-17-13-21-26(24(17)23(16)18)31-22-6-3-10-29-25(22)19-9-11-28-14-20(19)27(31)30-21/h2*1-12H,13-14H2;2*1-11,14H,12-13H2. The molecule has 0 aliphatic heterocycles. The van der Waals surface area contributed by atoms with Crippen molar-refractivity contribution in [2.45, 2.75) is 51.4 Å². The van der Waals surface area contributed by atoms with Crippen molar-refractivity contribution in [1.82, 2.24) is 77.4 Å². The molecule has 24 aromatic rings. The van der Waals surface area contributed by atoms with E-state index in [2.05, 4.69) is 221 Å². The molecular formula is C108H64N16. The SMILES string of the molecule is c1ccc2c(c1)Cc1ccc3c(c1-2)-c1c(nc2c4cccnc4c4ncccc4n12)C3.c1ccc2c(c1)Cc1ccc3c(c1-2)-c1c(nc2c4ccncc4c4ncccc4n12)C3.c1ccc2c(c1)Cc1ccc3c(c1-2)-c1c(nc2c4cnccc4c4ncccc4n12)C3.c1ccc2c(c1)Cc1ccc3c(c1-2)-c1c(nc2c4ncccc4c4ncccc4n12)C3. The third-order valence-electron chi connectivity index (χ3n) is 27.7. The topological polar surface area (TPSA) is 172 Å². The van der Waals surface area contributed by atoms with E-state index in [-0.39, 0.29) is 0 Å². The predicted molar refractivity (Wildman–Crippen MR) is 489 cm³/mol. The molecule has 0 amide bonds. The molecule has 124 heavy (non-hydrogen) atoms. The zero-order chi connectivity index (χ0) is 80.4. The maximum Gasteiger partial charge on any atom is 0.164 e. The first-order valence-electron chi connectivity index (χ1n) is 42.6. The van der Waals surface area contributed by atoms with Crippen molar-refractivity contribution in [3.8, 4) is 89.5 Å². The highest BCUT2D eigenvalue weighted by Crippen LogP contribution is 2.56. The van der Waals surface area contributed by atoms with Gasteiger partial charge in [0.2, 0.25) is 0 Å². The fraction of sp³-hybridized carbons (Fsp3) is 0.0741. The van der Waals surface area contributed by atoms with Crippen molar-refractivity contribution in [3.63, 3.8) is 0 Å². The summed E-state index contributed by atoms with van der Waals surface area (Å²) in [5.41, 5.74) is 56.5. The van der Waals surface area contributed by atoms with Crippen LogP contribution in [0.5, 0.6) is 0 Å². The molecule has 0 atom stereocenters. The number of hydrogen-bond donors (Lipinski definition) is 0. The Balaban J connectivity index is 0.0000000828. The molecule has 16 nitrogen and oxygen atoms in total. The molecule has 0 saturated carbocycles. The van der Waals surface area contributed by atoms with Crippen LogP contribution in [0.1, 0.15) is 89.5 Å². The number of pyridine rings is 12. The molecule has 0 spiro atoms. The smallest absolute Gasteiger partial charge is 0.164 e. The van der Waals surface area contributed by atoms with Gasteiger partial charge in [-0.05, 0) is 222 Å². The summed E-state index contributed by atoms with van der Waals surface area (Å²) in [7, 11) is 0. The first kappa shape index (κ1) is 66.7. The predicted octanol–water partition coefficient (Wildman–Crippen LogP) is 22.3. The summed E-state index contributed by atoms with van der Waals surface area (Å²) in [6, 6.07) is 82.6. The van der Waals surface area contributed by atoms with Gasteiger partial charge >= 0.3 is 0 Å². The molecule has 0 saturated heterocycles. The molecule has 16 heterocycles. The van der Waals surface area contributed by atoms with E-state index in [0.29, 0.717) is 0 Å².